The molecule has 2 atom stereocenters. The van der Waals surface area contributed by atoms with Gasteiger partial charge in [-0.25, -0.2) is 0 Å². The summed E-state index contributed by atoms with van der Waals surface area (Å²) in [6.45, 7) is 0.615. The lowest BCUT2D eigenvalue weighted by Gasteiger charge is -2.17. The SMILES string of the molecule is CSc1ccc(NC(=O)[C@@H]2CCC[C@@H]2CN)cc1. The van der Waals surface area contributed by atoms with Crippen LogP contribution in [0.4, 0.5) is 5.69 Å². The molecule has 1 aromatic carbocycles. The van der Waals surface area contributed by atoms with Gasteiger partial charge in [-0.15, -0.1) is 11.8 Å². The summed E-state index contributed by atoms with van der Waals surface area (Å²) in [7, 11) is 0. The van der Waals surface area contributed by atoms with Crippen molar-refractivity contribution in [3.8, 4) is 0 Å². The maximum Gasteiger partial charge on any atom is 0.227 e. The smallest absolute Gasteiger partial charge is 0.227 e. The Balaban J connectivity index is 1.97. The molecule has 1 amide bonds. The lowest BCUT2D eigenvalue weighted by atomic mass is 9.95. The van der Waals surface area contributed by atoms with Crippen LogP contribution < -0.4 is 11.1 Å². The molecule has 4 heteroatoms. The zero-order valence-corrected chi connectivity index (χ0v) is 11.5. The highest BCUT2D eigenvalue weighted by Gasteiger charge is 2.31. The molecule has 0 unspecified atom stereocenters. The normalized spacial score (nSPS) is 23.0. The summed E-state index contributed by atoms with van der Waals surface area (Å²) in [5.74, 6) is 0.575. The highest BCUT2D eigenvalue weighted by Crippen LogP contribution is 2.32. The van der Waals surface area contributed by atoms with Crippen molar-refractivity contribution in [2.75, 3.05) is 18.1 Å². The number of thioether (sulfide) groups is 1. The van der Waals surface area contributed by atoms with E-state index < -0.39 is 0 Å². The molecule has 98 valence electrons. The number of carbonyl (C=O) groups excluding carboxylic acids is 1. The van der Waals surface area contributed by atoms with E-state index in [0.717, 1.165) is 24.9 Å². The van der Waals surface area contributed by atoms with E-state index in [9.17, 15) is 4.79 Å². The Bertz CT molecular complexity index is 405. The van der Waals surface area contributed by atoms with Crippen molar-refractivity contribution in [1.82, 2.24) is 0 Å². The van der Waals surface area contributed by atoms with Gasteiger partial charge in [0.05, 0.1) is 0 Å². The van der Waals surface area contributed by atoms with Crippen LogP contribution in [0.3, 0.4) is 0 Å². The molecule has 18 heavy (non-hydrogen) atoms. The van der Waals surface area contributed by atoms with Crippen molar-refractivity contribution in [3.05, 3.63) is 24.3 Å². The zero-order chi connectivity index (χ0) is 13.0. The Morgan fingerprint density at radius 2 is 2.11 bits per heavy atom. The first-order valence-corrected chi connectivity index (χ1v) is 7.62. The number of carbonyl (C=O) groups is 1. The fourth-order valence-corrected chi connectivity index (χ4v) is 2.98. The standard InChI is InChI=1S/C14H20N2OS/c1-18-12-7-5-11(6-8-12)16-14(17)13-4-2-3-10(13)9-15/h5-8,10,13H,2-4,9,15H2,1H3,(H,16,17)/t10-,13-/m1/s1. The third-order valence-electron chi connectivity index (χ3n) is 3.66. The molecular weight excluding hydrogens is 244 g/mol. The molecule has 3 N–H and O–H groups in total. The molecule has 1 aliphatic rings. The second-order valence-corrected chi connectivity index (χ2v) is 5.63. The Hall–Kier alpha value is -1.00. The average Bonchev–Trinajstić information content (AvgIpc) is 2.88. The average molecular weight is 264 g/mol. The Morgan fingerprint density at radius 3 is 2.72 bits per heavy atom. The molecule has 1 saturated carbocycles. The van der Waals surface area contributed by atoms with E-state index in [0.29, 0.717) is 12.5 Å². The molecule has 0 radical (unpaired) electrons. The van der Waals surface area contributed by atoms with Crippen molar-refractivity contribution in [3.63, 3.8) is 0 Å². The minimum atomic E-state index is 0.0928. The summed E-state index contributed by atoms with van der Waals surface area (Å²) in [5.41, 5.74) is 6.59. The fourth-order valence-electron chi connectivity index (χ4n) is 2.57. The number of amides is 1. The topological polar surface area (TPSA) is 55.1 Å². The predicted molar refractivity (Wildman–Crippen MR) is 76.7 cm³/mol. The monoisotopic (exact) mass is 264 g/mol. The molecular formula is C14H20N2OS. The van der Waals surface area contributed by atoms with Gasteiger partial charge in [-0.1, -0.05) is 6.42 Å². The number of nitrogens with one attached hydrogen (secondary N) is 1. The fraction of sp³-hybridized carbons (Fsp3) is 0.500. The van der Waals surface area contributed by atoms with Crippen molar-refractivity contribution < 1.29 is 4.79 Å². The minimum absolute atomic E-state index is 0.0928. The van der Waals surface area contributed by atoms with E-state index in [-0.39, 0.29) is 11.8 Å². The second kappa shape index (κ2) is 6.25. The zero-order valence-electron chi connectivity index (χ0n) is 10.7. The summed E-state index contributed by atoms with van der Waals surface area (Å²) in [6, 6.07) is 7.96. The van der Waals surface area contributed by atoms with Gasteiger partial charge in [-0.05, 0) is 55.8 Å². The van der Waals surface area contributed by atoms with Gasteiger partial charge in [0, 0.05) is 16.5 Å². The van der Waals surface area contributed by atoms with Crippen LogP contribution in [-0.4, -0.2) is 18.7 Å². The molecule has 0 bridgehead atoms. The molecule has 0 spiro atoms. The van der Waals surface area contributed by atoms with Gasteiger partial charge in [0.25, 0.3) is 0 Å². The van der Waals surface area contributed by atoms with E-state index in [2.05, 4.69) is 5.32 Å². The van der Waals surface area contributed by atoms with E-state index in [1.807, 2.05) is 30.5 Å². The summed E-state index contributed by atoms with van der Waals surface area (Å²) in [5, 5.41) is 3.00. The second-order valence-electron chi connectivity index (χ2n) is 4.75. The van der Waals surface area contributed by atoms with Crippen molar-refractivity contribution in [2.24, 2.45) is 17.6 Å². The van der Waals surface area contributed by atoms with Gasteiger partial charge < -0.3 is 11.1 Å². The van der Waals surface area contributed by atoms with Crippen LogP contribution in [0.25, 0.3) is 0 Å². The molecule has 1 fully saturated rings. The first kappa shape index (κ1) is 13.4. The van der Waals surface area contributed by atoms with Crippen molar-refractivity contribution >= 4 is 23.4 Å². The molecule has 0 saturated heterocycles. The highest BCUT2D eigenvalue weighted by molar-refractivity contribution is 7.98. The van der Waals surface area contributed by atoms with E-state index in [1.165, 1.54) is 4.90 Å². The van der Waals surface area contributed by atoms with Crippen LogP contribution >= 0.6 is 11.8 Å². The minimum Gasteiger partial charge on any atom is -0.330 e. The van der Waals surface area contributed by atoms with Crippen molar-refractivity contribution in [2.45, 2.75) is 24.2 Å². The first-order chi connectivity index (χ1) is 8.74. The lowest BCUT2D eigenvalue weighted by Crippen LogP contribution is -2.29. The Labute approximate surface area is 113 Å². The third kappa shape index (κ3) is 3.06. The quantitative estimate of drug-likeness (QED) is 0.822. The largest absolute Gasteiger partial charge is 0.330 e. The number of hydrogen-bond donors (Lipinski definition) is 2. The molecule has 0 aromatic heterocycles. The summed E-state index contributed by atoms with van der Waals surface area (Å²) in [4.78, 5) is 13.4. The van der Waals surface area contributed by atoms with Crippen molar-refractivity contribution in [1.29, 1.82) is 0 Å². The Kier molecular flexibility index (Phi) is 4.66. The van der Waals surface area contributed by atoms with Crippen LogP contribution in [-0.2, 0) is 4.79 Å². The third-order valence-corrected chi connectivity index (χ3v) is 4.40. The Morgan fingerprint density at radius 1 is 1.39 bits per heavy atom. The number of benzene rings is 1. The molecule has 1 aromatic rings. The number of anilines is 1. The van der Waals surface area contributed by atoms with Crippen LogP contribution in [0.2, 0.25) is 0 Å². The van der Waals surface area contributed by atoms with Gasteiger partial charge in [0.1, 0.15) is 0 Å². The molecule has 3 nitrogen and oxygen atoms in total. The van der Waals surface area contributed by atoms with E-state index >= 15 is 0 Å². The van der Waals surface area contributed by atoms with Crippen LogP contribution in [0.5, 0.6) is 0 Å². The summed E-state index contributed by atoms with van der Waals surface area (Å²) in [6.07, 6.45) is 5.21. The maximum atomic E-state index is 12.2. The summed E-state index contributed by atoms with van der Waals surface area (Å²) >= 11 is 1.70. The maximum absolute atomic E-state index is 12.2. The molecule has 2 rings (SSSR count). The predicted octanol–water partition coefficient (Wildman–Crippen LogP) is 2.72. The van der Waals surface area contributed by atoms with Crippen LogP contribution in [0.15, 0.2) is 29.2 Å². The van der Waals surface area contributed by atoms with Gasteiger partial charge in [0.15, 0.2) is 0 Å². The van der Waals surface area contributed by atoms with E-state index in [4.69, 9.17) is 5.73 Å². The number of nitrogens with two attached hydrogens (primary N) is 1. The van der Waals surface area contributed by atoms with Crippen LogP contribution in [0.1, 0.15) is 19.3 Å². The van der Waals surface area contributed by atoms with Gasteiger partial charge in [0.2, 0.25) is 5.91 Å². The van der Waals surface area contributed by atoms with E-state index in [1.54, 1.807) is 11.8 Å². The molecule has 0 heterocycles. The number of hydrogen-bond acceptors (Lipinski definition) is 3. The number of rotatable bonds is 4. The van der Waals surface area contributed by atoms with Gasteiger partial charge >= 0.3 is 0 Å². The molecule has 1 aliphatic carbocycles. The van der Waals surface area contributed by atoms with Crippen LogP contribution in [0, 0.1) is 11.8 Å². The highest BCUT2D eigenvalue weighted by atomic mass is 32.2. The lowest BCUT2D eigenvalue weighted by molar-refractivity contribution is -0.120. The first-order valence-electron chi connectivity index (χ1n) is 6.39. The van der Waals surface area contributed by atoms with Gasteiger partial charge in [-0.2, -0.15) is 0 Å². The van der Waals surface area contributed by atoms with Gasteiger partial charge in [-0.3, -0.25) is 4.79 Å². The summed E-state index contributed by atoms with van der Waals surface area (Å²) < 4.78 is 0. The molecule has 0 aliphatic heterocycles.